The molecule has 3 heterocycles. The highest BCUT2D eigenvalue weighted by Gasteiger charge is 2.36. The molecule has 3 aromatic rings. The predicted octanol–water partition coefficient (Wildman–Crippen LogP) is 6.33. The molecule has 1 aromatic heterocycles. The molecule has 6 nitrogen and oxygen atoms in total. The Morgan fingerprint density at radius 1 is 1.14 bits per heavy atom. The Morgan fingerprint density at radius 3 is 2.69 bits per heavy atom. The minimum atomic E-state index is -0.471. The fourth-order valence-electron chi connectivity index (χ4n) is 5.52. The SMILES string of the molecule is COc1ccccc1-c1cc2cc(C3=CC4CCC(C3)N4CCN(C)C(=O)OC(C)(C)C)ccc2[nH]1. The molecule has 190 valence electrons. The Kier molecular flexibility index (Phi) is 6.56. The molecule has 2 atom stereocenters. The van der Waals surface area contributed by atoms with Crippen molar-refractivity contribution in [2.24, 2.45) is 0 Å². The molecule has 1 amide bonds. The highest BCUT2D eigenvalue weighted by Crippen LogP contribution is 2.39. The summed E-state index contributed by atoms with van der Waals surface area (Å²) in [5.41, 5.74) is 5.53. The first-order chi connectivity index (χ1) is 17.2. The number of carbonyl (C=O) groups excluding carboxylic acids is 1. The summed E-state index contributed by atoms with van der Waals surface area (Å²) in [6, 6.07) is 18.0. The molecule has 2 unspecified atom stereocenters. The average Bonchev–Trinajstić information content (AvgIpc) is 3.37. The zero-order chi connectivity index (χ0) is 25.4. The van der Waals surface area contributed by atoms with Crippen LogP contribution in [0, 0.1) is 0 Å². The van der Waals surface area contributed by atoms with Crippen LogP contribution in [0.25, 0.3) is 27.7 Å². The zero-order valence-electron chi connectivity index (χ0n) is 22.0. The van der Waals surface area contributed by atoms with E-state index in [4.69, 9.17) is 9.47 Å². The van der Waals surface area contributed by atoms with E-state index in [1.807, 2.05) is 46.0 Å². The van der Waals surface area contributed by atoms with Crippen LogP contribution in [0.3, 0.4) is 0 Å². The number of rotatable bonds is 6. The van der Waals surface area contributed by atoms with Crippen molar-refractivity contribution in [3.05, 3.63) is 60.2 Å². The second-order valence-corrected chi connectivity index (χ2v) is 11.0. The Morgan fingerprint density at radius 2 is 1.94 bits per heavy atom. The van der Waals surface area contributed by atoms with E-state index in [9.17, 15) is 4.79 Å². The number of hydrogen-bond donors (Lipinski definition) is 1. The number of aromatic amines is 1. The fraction of sp³-hybridized carbons (Fsp3) is 0.433. The van der Waals surface area contributed by atoms with Gasteiger partial charge in [0.1, 0.15) is 11.4 Å². The Balaban J connectivity index is 1.30. The standard InChI is InChI=1S/C30H37N3O3/c1-30(2,3)36-29(34)32(4)14-15-33-23-11-12-24(33)18-21(17-23)20-10-13-26-22(16-20)19-27(31-26)25-8-6-7-9-28(25)35-5/h6-10,13,16-17,19,23-24,31H,11-12,14-15,18H2,1-5H3. The summed E-state index contributed by atoms with van der Waals surface area (Å²) in [6.07, 6.45) is 5.61. The maximum absolute atomic E-state index is 12.3. The van der Waals surface area contributed by atoms with Gasteiger partial charge >= 0.3 is 6.09 Å². The second-order valence-electron chi connectivity index (χ2n) is 11.0. The Bertz CT molecular complexity index is 1290. The lowest BCUT2D eigenvalue weighted by molar-refractivity contribution is 0.0275. The highest BCUT2D eigenvalue weighted by atomic mass is 16.6. The Hall–Kier alpha value is -3.25. The molecule has 1 saturated heterocycles. The number of nitrogens with zero attached hydrogens (tertiary/aromatic N) is 2. The van der Waals surface area contributed by atoms with Gasteiger partial charge in [-0.25, -0.2) is 4.79 Å². The van der Waals surface area contributed by atoms with Crippen molar-refractivity contribution in [3.63, 3.8) is 0 Å². The van der Waals surface area contributed by atoms with E-state index in [2.05, 4.69) is 46.3 Å². The van der Waals surface area contributed by atoms with Gasteiger partial charge in [-0.3, -0.25) is 4.90 Å². The van der Waals surface area contributed by atoms with E-state index >= 15 is 0 Å². The summed E-state index contributed by atoms with van der Waals surface area (Å²) < 4.78 is 11.1. The normalized spacial score (nSPS) is 19.9. The quantitative estimate of drug-likeness (QED) is 0.441. The fourth-order valence-corrected chi connectivity index (χ4v) is 5.52. The number of fused-ring (bicyclic) bond motifs is 3. The van der Waals surface area contributed by atoms with Crippen LogP contribution in [0.2, 0.25) is 0 Å². The van der Waals surface area contributed by atoms with Gasteiger partial charge in [0.05, 0.1) is 12.8 Å². The van der Waals surface area contributed by atoms with Crippen molar-refractivity contribution < 1.29 is 14.3 Å². The number of benzene rings is 2. The molecular weight excluding hydrogens is 450 g/mol. The summed E-state index contributed by atoms with van der Waals surface area (Å²) in [5, 5.41) is 1.21. The van der Waals surface area contributed by atoms with Crippen LogP contribution < -0.4 is 4.74 Å². The maximum Gasteiger partial charge on any atom is 0.410 e. The van der Waals surface area contributed by atoms with Gasteiger partial charge in [-0.05, 0) is 81.5 Å². The predicted molar refractivity (Wildman–Crippen MR) is 145 cm³/mol. The van der Waals surface area contributed by atoms with Gasteiger partial charge < -0.3 is 19.4 Å². The van der Waals surface area contributed by atoms with E-state index in [1.54, 1.807) is 12.0 Å². The van der Waals surface area contributed by atoms with Crippen molar-refractivity contribution in [1.29, 1.82) is 0 Å². The average molecular weight is 488 g/mol. The molecule has 36 heavy (non-hydrogen) atoms. The molecule has 6 heteroatoms. The number of carbonyl (C=O) groups is 1. The van der Waals surface area contributed by atoms with Crippen LogP contribution in [-0.4, -0.2) is 65.8 Å². The largest absolute Gasteiger partial charge is 0.496 e. The third kappa shape index (κ3) is 5.00. The first-order valence-corrected chi connectivity index (χ1v) is 12.9. The van der Waals surface area contributed by atoms with Crippen molar-refractivity contribution >= 4 is 22.6 Å². The van der Waals surface area contributed by atoms with Crippen LogP contribution in [0.5, 0.6) is 5.75 Å². The summed E-state index contributed by atoms with van der Waals surface area (Å²) in [6.45, 7) is 7.25. The van der Waals surface area contributed by atoms with Gasteiger partial charge in [0, 0.05) is 48.7 Å². The maximum atomic E-state index is 12.3. The molecule has 2 aliphatic rings. The van der Waals surface area contributed by atoms with E-state index in [1.165, 1.54) is 29.4 Å². The number of hydrogen-bond acceptors (Lipinski definition) is 4. The number of aromatic nitrogens is 1. The van der Waals surface area contributed by atoms with Crippen LogP contribution in [0.1, 0.15) is 45.6 Å². The summed E-state index contributed by atoms with van der Waals surface area (Å²) in [4.78, 5) is 20.2. The molecule has 1 N–H and O–H groups in total. The van der Waals surface area contributed by atoms with Crippen molar-refractivity contribution in [2.45, 2.75) is 57.7 Å². The number of H-pyrrole nitrogens is 1. The number of para-hydroxylation sites is 1. The summed E-state index contributed by atoms with van der Waals surface area (Å²) in [7, 11) is 3.54. The van der Waals surface area contributed by atoms with Crippen LogP contribution in [0.4, 0.5) is 4.79 Å². The van der Waals surface area contributed by atoms with Gasteiger partial charge in [0.15, 0.2) is 0 Å². The third-order valence-electron chi connectivity index (χ3n) is 7.33. The van der Waals surface area contributed by atoms with E-state index in [-0.39, 0.29) is 6.09 Å². The number of amides is 1. The molecular formula is C30H37N3O3. The number of nitrogens with one attached hydrogen (secondary N) is 1. The molecule has 2 aromatic carbocycles. The first kappa shape index (κ1) is 24.4. The molecule has 5 rings (SSSR count). The third-order valence-corrected chi connectivity index (χ3v) is 7.33. The lowest BCUT2D eigenvalue weighted by atomic mass is 9.94. The monoisotopic (exact) mass is 487 g/mol. The molecule has 0 saturated carbocycles. The first-order valence-electron chi connectivity index (χ1n) is 12.9. The van der Waals surface area contributed by atoms with E-state index in [0.717, 1.165) is 35.5 Å². The minimum absolute atomic E-state index is 0.254. The van der Waals surface area contributed by atoms with Crippen molar-refractivity contribution in [2.75, 3.05) is 27.2 Å². The number of methoxy groups -OCH3 is 1. The highest BCUT2D eigenvalue weighted by molar-refractivity contribution is 5.90. The van der Waals surface area contributed by atoms with Crippen LogP contribution in [0.15, 0.2) is 54.6 Å². The van der Waals surface area contributed by atoms with Gasteiger partial charge in [-0.15, -0.1) is 0 Å². The topological polar surface area (TPSA) is 57.8 Å². The molecule has 0 spiro atoms. The molecule has 1 fully saturated rings. The van der Waals surface area contributed by atoms with Crippen molar-refractivity contribution in [1.82, 2.24) is 14.8 Å². The summed E-state index contributed by atoms with van der Waals surface area (Å²) in [5.74, 6) is 0.869. The second kappa shape index (κ2) is 9.66. The molecule has 0 aliphatic carbocycles. The molecule has 2 aliphatic heterocycles. The van der Waals surface area contributed by atoms with Gasteiger partial charge in [0.2, 0.25) is 0 Å². The minimum Gasteiger partial charge on any atom is -0.496 e. The van der Waals surface area contributed by atoms with E-state index in [0.29, 0.717) is 18.6 Å². The molecule has 2 bridgehead atoms. The van der Waals surface area contributed by atoms with E-state index < -0.39 is 5.60 Å². The number of ether oxygens (including phenoxy) is 2. The molecule has 0 radical (unpaired) electrons. The lowest BCUT2D eigenvalue weighted by Crippen LogP contribution is -2.44. The lowest BCUT2D eigenvalue weighted by Gasteiger charge is -2.35. The summed E-state index contributed by atoms with van der Waals surface area (Å²) >= 11 is 0. The Labute approximate surface area is 213 Å². The van der Waals surface area contributed by atoms with Crippen LogP contribution >= 0.6 is 0 Å². The van der Waals surface area contributed by atoms with Gasteiger partial charge in [-0.2, -0.15) is 0 Å². The van der Waals surface area contributed by atoms with Gasteiger partial charge in [-0.1, -0.05) is 24.3 Å². The van der Waals surface area contributed by atoms with Crippen molar-refractivity contribution in [3.8, 4) is 17.0 Å². The zero-order valence-corrected chi connectivity index (χ0v) is 22.0. The van der Waals surface area contributed by atoms with Gasteiger partial charge in [0.25, 0.3) is 0 Å². The smallest absolute Gasteiger partial charge is 0.410 e. The number of likely N-dealkylation sites (N-methyl/N-ethyl adjacent to an activating group) is 1. The van der Waals surface area contributed by atoms with Crippen LogP contribution in [-0.2, 0) is 4.74 Å².